The Morgan fingerprint density at radius 2 is 1.96 bits per heavy atom. The van der Waals surface area contributed by atoms with E-state index in [1.54, 1.807) is 0 Å². The molecule has 3 unspecified atom stereocenters. The Balaban J connectivity index is 1.74. The topological polar surface area (TPSA) is 34.0 Å². The maximum Gasteiger partial charge on any atom is 0.0849 e. The third kappa shape index (κ3) is 2.32. The molecule has 3 heterocycles. The summed E-state index contributed by atoms with van der Waals surface area (Å²) in [4.78, 5) is 1.80. The summed E-state index contributed by atoms with van der Waals surface area (Å²) in [6.45, 7) is 2.19. The Labute approximate surface area is 156 Å². The van der Waals surface area contributed by atoms with Gasteiger partial charge in [0.05, 0.1) is 16.3 Å². The van der Waals surface area contributed by atoms with E-state index in [9.17, 15) is 4.21 Å². The van der Waals surface area contributed by atoms with Gasteiger partial charge >= 0.3 is 0 Å². The fraction of sp³-hybridized carbons (Fsp3) is 0.364. The summed E-state index contributed by atoms with van der Waals surface area (Å²) in [5.74, 6) is 0. The van der Waals surface area contributed by atoms with Gasteiger partial charge in [-0.3, -0.25) is 0 Å². The van der Waals surface area contributed by atoms with Crippen LogP contribution < -0.4 is 5.32 Å². The van der Waals surface area contributed by atoms with Crippen molar-refractivity contribution < 1.29 is 4.21 Å². The maximum absolute atomic E-state index is 13.2. The number of hydrogen-bond acceptors (Lipinski definition) is 2. The molecule has 3 aromatic rings. The zero-order chi connectivity index (χ0) is 17.8. The monoisotopic (exact) mass is 364 g/mol. The van der Waals surface area contributed by atoms with Crippen LogP contribution in [0.3, 0.4) is 0 Å². The van der Waals surface area contributed by atoms with Gasteiger partial charge in [0.2, 0.25) is 0 Å². The Kier molecular flexibility index (Phi) is 3.80. The Morgan fingerprint density at radius 3 is 2.73 bits per heavy atom. The molecule has 2 aliphatic rings. The van der Waals surface area contributed by atoms with Crippen molar-refractivity contribution in [3.63, 3.8) is 0 Å². The summed E-state index contributed by atoms with van der Waals surface area (Å²) in [5.41, 5.74) is 5.57. The lowest BCUT2D eigenvalue weighted by Crippen LogP contribution is -2.32. The number of nitrogens with one attached hydrogen (secondary N) is 1. The van der Waals surface area contributed by atoms with Crippen molar-refractivity contribution in [3.05, 3.63) is 59.3 Å². The molecule has 2 bridgehead atoms. The second kappa shape index (κ2) is 6.07. The second-order valence-corrected chi connectivity index (χ2v) is 9.01. The summed E-state index contributed by atoms with van der Waals surface area (Å²) < 4.78 is 15.6. The van der Waals surface area contributed by atoms with E-state index in [0.717, 1.165) is 22.6 Å². The lowest BCUT2D eigenvalue weighted by Gasteiger charge is -2.23. The Morgan fingerprint density at radius 1 is 1.15 bits per heavy atom. The summed E-state index contributed by atoms with van der Waals surface area (Å²) in [5, 5.41) is 5.09. The van der Waals surface area contributed by atoms with E-state index in [1.807, 2.05) is 30.3 Å². The second-order valence-electron chi connectivity index (χ2n) is 7.53. The van der Waals surface area contributed by atoms with Crippen LogP contribution in [-0.2, 0) is 30.7 Å². The molecule has 3 atom stereocenters. The average Bonchev–Trinajstić information content (AvgIpc) is 3.20. The molecule has 4 heteroatoms. The molecule has 1 aromatic heterocycles. The number of aromatic nitrogens is 1. The highest BCUT2D eigenvalue weighted by Crippen LogP contribution is 2.43. The number of nitrogens with zero attached hydrogens (tertiary/aromatic N) is 1. The first-order valence-corrected chi connectivity index (χ1v) is 10.7. The first kappa shape index (κ1) is 16.3. The van der Waals surface area contributed by atoms with Crippen LogP contribution >= 0.6 is 0 Å². The molecule has 2 aliphatic heterocycles. The van der Waals surface area contributed by atoms with E-state index < -0.39 is 10.8 Å². The molecule has 5 rings (SSSR count). The first-order chi connectivity index (χ1) is 12.7. The fourth-order valence-corrected chi connectivity index (χ4v) is 6.02. The highest BCUT2D eigenvalue weighted by molar-refractivity contribution is 7.85. The van der Waals surface area contributed by atoms with E-state index in [1.165, 1.54) is 40.6 Å². The number of hydrogen-bond donors (Lipinski definition) is 1. The maximum atomic E-state index is 13.2. The molecule has 134 valence electrons. The smallest absolute Gasteiger partial charge is 0.0849 e. The van der Waals surface area contributed by atoms with Gasteiger partial charge in [-0.05, 0) is 54.7 Å². The third-order valence-electron chi connectivity index (χ3n) is 6.08. The van der Waals surface area contributed by atoms with Crippen LogP contribution in [-0.4, -0.2) is 14.8 Å². The fourth-order valence-electron chi connectivity index (χ4n) is 4.87. The molecular weight excluding hydrogens is 340 g/mol. The third-order valence-corrected chi connectivity index (χ3v) is 7.45. The van der Waals surface area contributed by atoms with Gasteiger partial charge in [-0.25, -0.2) is 4.21 Å². The van der Waals surface area contributed by atoms with Crippen molar-refractivity contribution in [2.24, 2.45) is 7.05 Å². The van der Waals surface area contributed by atoms with Crippen molar-refractivity contribution in [2.45, 2.75) is 54.5 Å². The van der Waals surface area contributed by atoms with E-state index in [0.29, 0.717) is 12.1 Å². The van der Waals surface area contributed by atoms with Gasteiger partial charge < -0.3 is 9.88 Å². The molecule has 26 heavy (non-hydrogen) atoms. The van der Waals surface area contributed by atoms with Crippen LogP contribution in [0.15, 0.2) is 52.3 Å². The predicted octanol–water partition coefficient (Wildman–Crippen LogP) is 4.26. The number of benzene rings is 2. The molecule has 1 N–H and O–H groups in total. The van der Waals surface area contributed by atoms with Crippen molar-refractivity contribution in [1.82, 2.24) is 9.88 Å². The summed E-state index contributed by atoms with van der Waals surface area (Å²) in [6, 6.07) is 15.2. The Hall–Kier alpha value is -1.91. The largest absolute Gasteiger partial charge is 0.347 e. The van der Waals surface area contributed by atoms with Crippen LogP contribution in [0.4, 0.5) is 0 Å². The lowest BCUT2D eigenvalue weighted by atomic mass is 9.98. The van der Waals surface area contributed by atoms with Crippen LogP contribution in [0.5, 0.6) is 0 Å². The molecule has 1 fully saturated rings. The van der Waals surface area contributed by atoms with E-state index in [2.05, 4.69) is 36.0 Å². The van der Waals surface area contributed by atoms with Gasteiger partial charge in [0.25, 0.3) is 0 Å². The standard InChI is InChI=1S/C22H24N2OS/c1-3-14-11-17(26(25)16-7-5-4-6-8-16)13-18-21-19-10-9-15(23-19)12-20(21)24(2)22(14)18/h4-8,11,13,15,19,23H,3,9-10,12H2,1-2H3. The van der Waals surface area contributed by atoms with Gasteiger partial charge in [0.1, 0.15) is 0 Å². The summed E-state index contributed by atoms with van der Waals surface area (Å²) in [7, 11) is 1.07. The summed E-state index contributed by atoms with van der Waals surface area (Å²) in [6.07, 6.45) is 4.53. The SMILES string of the molecule is CCc1cc(S(=O)c2ccccc2)cc2c3c(n(C)c12)CC1CCC3N1. The molecular formula is C22H24N2OS. The Bertz CT molecular complexity index is 1020. The molecule has 0 saturated carbocycles. The van der Waals surface area contributed by atoms with Crippen molar-refractivity contribution in [1.29, 1.82) is 0 Å². The molecule has 1 saturated heterocycles. The zero-order valence-corrected chi connectivity index (χ0v) is 16.1. The molecule has 0 amide bonds. The minimum absolute atomic E-state index is 0.456. The van der Waals surface area contributed by atoms with Crippen LogP contribution in [0.1, 0.15) is 42.6 Å². The van der Waals surface area contributed by atoms with Gasteiger partial charge in [0.15, 0.2) is 0 Å². The normalized spacial score (nSPS) is 22.5. The molecule has 0 radical (unpaired) electrons. The summed E-state index contributed by atoms with van der Waals surface area (Å²) >= 11 is 0. The predicted molar refractivity (Wildman–Crippen MR) is 106 cm³/mol. The van der Waals surface area contributed by atoms with Gasteiger partial charge in [-0.1, -0.05) is 25.1 Å². The van der Waals surface area contributed by atoms with Gasteiger partial charge in [0, 0.05) is 46.4 Å². The van der Waals surface area contributed by atoms with Crippen LogP contribution in [0.2, 0.25) is 0 Å². The van der Waals surface area contributed by atoms with Gasteiger partial charge in [-0.2, -0.15) is 0 Å². The lowest BCUT2D eigenvalue weighted by molar-refractivity contribution is 0.503. The average molecular weight is 365 g/mol. The highest BCUT2D eigenvalue weighted by atomic mass is 32.2. The molecule has 0 aliphatic carbocycles. The van der Waals surface area contributed by atoms with Gasteiger partial charge in [-0.15, -0.1) is 0 Å². The minimum Gasteiger partial charge on any atom is -0.347 e. The van der Waals surface area contributed by atoms with Crippen LogP contribution in [0, 0.1) is 0 Å². The first-order valence-electron chi connectivity index (χ1n) is 9.54. The van der Waals surface area contributed by atoms with E-state index in [-0.39, 0.29) is 0 Å². The van der Waals surface area contributed by atoms with Crippen LogP contribution in [0.25, 0.3) is 10.9 Å². The molecule has 0 spiro atoms. The number of rotatable bonds is 3. The van der Waals surface area contributed by atoms with E-state index in [4.69, 9.17) is 0 Å². The molecule has 3 nitrogen and oxygen atoms in total. The number of aryl methyl sites for hydroxylation is 2. The van der Waals surface area contributed by atoms with Crippen molar-refractivity contribution >= 4 is 21.7 Å². The highest BCUT2D eigenvalue weighted by Gasteiger charge is 2.36. The molecule has 2 aromatic carbocycles. The number of fused-ring (bicyclic) bond motifs is 6. The van der Waals surface area contributed by atoms with E-state index >= 15 is 0 Å². The quantitative estimate of drug-likeness (QED) is 0.754. The van der Waals surface area contributed by atoms with Crippen molar-refractivity contribution in [3.8, 4) is 0 Å². The minimum atomic E-state index is -1.14. The zero-order valence-electron chi connectivity index (χ0n) is 15.3. The van der Waals surface area contributed by atoms with Crippen molar-refractivity contribution in [2.75, 3.05) is 0 Å².